The van der Waals surface area contributed by atoms with Crippen LogP contribution in [0.2, 0.25) is 5.02 Å². The molecule has 0 atom stereocenters. The number of anilines is 2. The van der Waals surface area contributed by atoms with Gasteiger partial charge in [0.2, 0.25) is 11.8 Å². The van der Waals surface area contributed by atoms with Gasteiger partial charge in [-0.05, 0) is 30.7 Å². The number of aromatic nitrogens is 2. The molecule has 0 unspecified atom stereocenters. The average molecular weight is 397 g/mol. The van der Waals surface area contributed by atoms with Gasteiger partial charge in [-0.2, -0.15) is 5.10 Å². The predicted molar refractivity (Wildman–Crippen MR) is 108 cm³/mol. The van der Waals surface area contributed by atoms with Crippen molar-refractivity contribution < 1.29 is 9.59 Å². The molecule has 1 aromatic heterocycles. The monoisotopic (exact) mass is 396 g/mol. The summed E-state index contributed by atoms with van der Waals surface area (Å²) in [4.78, 5) is 38.6. The molecule has 1 fully saturated rings. The lowest BCUT2D eigenvalue weighted by Gasteiger charge is -2.17. The summed E-state index contributed by atoms with van der Waals surface area (Å²) in [6.07, 6.45) is 2.87. The van der Waals surface area contributed by atoms with Gasteiger partial charge in [-0.25, -0.2) is 4.68 Å². The van der Waals surface area contributed by atoms with Gasteiger partial charge in [-0.1, -0.05) is 29.8 Å². The zero-order chi connectivity index (χ0) is 19.7. The number of hydrogen-bond acceptors (Lipinski definition) is 4. The van der Waals surface area contributed by atoms with Gasteiger partial charge in [0, 0.05) is 24.0 Å². The van der Waals surface area contributed by atoms with Crippen molar-refractivity contribution in [2.75, 3.05) is 16.8 Å². The molecule has 0 spiro atoms. The summed E-state index contributed by atoms with van der Waals surface area (Å²) in [5.74, 6) is -0.386. The number of carbonyl (C=O) groups is 2. The number of amides is 2. The van der Waals surface area contributed by atoms with Gasteiger partial charge >= 0.3 is 0 Å². The maximum absolute atomic E-state index is 12.5. The molecule has 0 bridgehead atoms. The Morgan fingerprint density at radius 2 is 2.00 bits per heavy atom. The number of benzene rings is 2. The van der Waals surface area contributed by atoms with Crippen molar-refractivity contribution in [3.05, 3.63) is 64.0 Å². The van der Waals surface area contributed by atoms with Crippen molar-refractivity contribution >= 4 is 45.6 Å². The Hall–Kier alpha value is -3.19. The molecule has 1 aliphatic rings. The van der Waals surface area contributed by atoms with Crippen LogP contribution < -0.4 is 15.8 Å². The van der Waals surface area contributed by atoms with E-state index in [-0.39, 0.29) is 18.0 Å². The second-order valence-corrected chi connectivity index (χ2v) is 6.96. The Morgan fingerprint density at radius 3 is 2.79 bits per heavy atom. The van der Waals surface area contributed by atoms with Gasteiger partial charge in [-0.3, -0.25) is 14.4 Å². The molecule has 1 aliphatic heterocycles. The largest absolute Gasteiger partial charge is 0.323 e. The zero-order valence-corrected chi connectivity index (χ0v) is 15.6. The lowest BCUT2D eigenvalue weighted by molar-refractivity contribution is -0.117. The Bertz CT molecular complexity index is 1140. The van der Waals surface area contributed by atoms with Crippen molar-refractivity contribution in [3.63, 3.8) is 0 Å². The van der Waals surface area contributed by atoms with Crippen LogP contribution in [0.1, 0.15) is 12.8 Å². The number of nitrogens with one attached hydrogen (secondary N) is 1. The van der Waals surface area contributed by atoms with Gasteiger partial charge in [0.1, 0.15) is 6.54 Å². The third kappa shape index (κ3) is 3.48. The minimum absolute atomic E-state index is 0.0477. The fourth-order valence-electron chi connectivity index (χ4n) is 3.26. The van der Waals surface area contributed by atoms with Crippen LogP contribution >= 0.6 is 11.6 Å². The number of hydrogen-bond donors (Lipinski definition) is 1. The fraction of sp³-hybridized carbons (Fsp3) is 0.200. The summed E-state index contributed by atoms with van der Waals surface area (Å²) >= 11 is 6.19. The fourth-order valence-corrected chi connectivity index (χ4v) is 3.43. The van der Waals surface area contributed by atoms with E-state index in [4.69, 9.17) is 11.6 Å². The van der Waals surface area contributed by atoms with Gasteiger partial charge in [-0.15, -0.1) is 0 Å². The molecule has 0 radical (unpaired) electrons. The van der Waals surface area contributed by atoms with Gasteiger partial charge in [0.15, 0.2) is 0 Å². The van der Waals surface area contributed by atoms with Crippen LogP contribution in [0.4, 0.5) is 11.4 Å². The van der Waals surface area contributed by atoms with Crippen molar-refractivity contribution in [2.24, 2.45) is 0 Å². The highest BCUT2D eigenvalue weighted by Crippen LogP contribution is 2.29. The van der Waals surface area contributed by atoms with Crippen LogP contribution in [0.15, 0.2) is 53.5 Å². The lowest BCUT2D eigenvalue weighted by atomic mass is 10.2. The first-order chi connectivity index (χ1) is 13.5. The van der Waals surface area contributed by atoms with Crippen LogP contribution in [0.5, 0.6) is 0 Å². The van der Waals surface area contributed by atoms with E-state index in [1.807, 2.05) is 6.07 Å². The highest BCUT2D eigenvalue weighted by molar-refractivity contribution is 6.33. The van der Waals surface area contributed by atoms with E-state index in [0.29, 0.717) is 34.7 Å². The van der Waals surface area contributed by atoms with Gasteiger partial charge in [0.25, 0.3) is 5.56 Å². The van der Waals surface area contributed by atoms with Crippen LogP contribution in [-0.2, 0) is 16.1 Å². The maximum Gasteiger partial charge on any atom is 0.275 e. The first kappa shape index (κ1) is 18.2. The second-order valence-electron chi connectivity index (χ2n) is 6.56. The Kier molecular flexibility index (Phi) is 4.83. The van der Waals surface area contributed by atoms with E-state index in [0.717, 1.165) is 16.5 Å². The van der Waals surface area contributed by atoms with Gasteiger partial charge in [0.05, 0.1) is 22.3 Å². The molecular weight excluding hydrogens is 380 g/mol. The third-order valence-electron chi connectivity index (χ3n) is 4.66. The van der Waals surface area contributed by atoms with E-state index in [2.05, 4.69) is 10.4 Å². The molecule has 7 nitrogen and oxygen atoms in total. The normalized spacial score (nSPS) is 13.9. The number of nitrogens with zero attached hydrogens (tertiary/aromatic N) is 3. The van der Waals surface area contributed by atoms with E-state index in [1.165, 1.54) is 0 Å². The lowest BCUT2D eigenvalue weighted by Crippen LogP contribution is -2.29. The quantitative estimate of drug-likeness (QED) is 0.735. The number of carbonyl (C=O) groups excluding carboxylic acids is 2. The maximum atomic E-state index is 12.5. The van der Waals surface area contributed by atoms with E-state index in [9.17, 15) is 14.4 Å². The highest BCUT2D eigenvalue weighted by atomic mass is 35.5. The molecule has 8 heteroatoms. The first-order valence-electron chi connectivity index (χ1n) is 8.87. The van der Waals surface area contributed by atoms with E-state index in [1.54, 1.807) is 47.5 Å². The van der Waals surface area contributed by atoms with Crippen LogP contribution in [-0.4, -0.2) is 28.1 Å². The standard InChI is InChI=1S/C20H17ClN4O3/c21-16-8-7-14(24-9-3-6-19(24)27)10-17(16)23-18(26)12-25-20(28)15-5-2-1-4-13(15)11-22-25/h1-2,4-5,7-8,10-11H,3,6,9,12H2,(H,23,26). The SMILES string of the molecule is O=C(Cn1ncc2ccccc2c1=O)Nc1cc(N2CCCC2=O)ccc1Cl. The van der Waals surface area contributed by atoms with Crippen LogP contribution in [0.25, 0.3) is 10.8 Å². The summed E-state index contributed by atoms with van der Waals surface area (Å²) in [5.41, 5.74) is 0.733. The first-order valence-corrected chi connectivity index (χ1v) is 9.25. The Labute approximate surface area is 165 Å². The molecule has 4 rings (SSSR count). The van der Waals surface area contributed by atoms with E-state index >= 15 is 0 Å². The third-order valence-corrected chi connectivity index (χ3v) is 4.99. The summed E-state index contributed by atoms with van der Waals surface area (Å²) < 4.78 is 1.11. The van der Waals surface area contributed by atoms with Crippen LogP contribution in [0, 0.1) is 0 Å². The minimum Gasteiger partial charge on any atom is -0.323 e. The molecule has 2 amide bonds. The average Bonchev–Trinajstić information content (AvgIpc) is 3.12. The smallest absolute Gasteiger partial charge is 0.275 e. The summed E-state index contributed by atoms with van der Waals surface area (Å²) in [6, 6.07) is 12.1. The molecule has 2 aromatic carbocycles. The minimum atomic E-state index is -0.434. The van der Waals surface area contributed by atoms with Crippen molar-refractivity contribution in [3.8, 4) is 0 Å². The molecule has 142 valence electrons. The molecule has 2 heterocycles. The zero-order valence-electron chi connectivity index (χ0n) is 14.9. The topological polar surface area (TPSA) is 84.3 Å². The van der Waals surface area contributed by atoms with Crippen molar-refractivity contribution in [1.82, 2.24) is 9.78 Å². The molecular formula is C20H17ClN4O3. The highest BCUT2D eigenvalue weighted by Gasteiger charge is 2.22. The van der Waals surface area contributed by atoms with Gasteiger partial charge < -0.3 is 10.2 Å². The molecule has 1 saturated heterocycles. The Balaban J connectivity index is 1.55. The van der Waals surface area contributed by atoms with Crippen LogP contribution in [0.3, 0.4) is 0 Å². The molecule has 3 aromatic rings. The Morgan fingerprint density at radius 1 is 1.18 bits per heavy atom. The predicted octanol–water partition coefficient (Wildman–Crippen LogP) is 2.82. The molecule has 0 aliphatic carbocycles. The second kappa shape index (κ2) is 7.44. The molecule has 28 heavy (non-hydrogen) atoms. The number of fused-ring (bicyclic) bond motifs is 1. The van der Waals surface area contributed by atoms with E-state index < -0.39 is 5.91 Å². The summed E-state index contributed by atoms with van der Waals surface area (Å²) in [6.45, 7) is 0.400. The van der Waals surface area contributed by atoms with Crippen molar-refractivity contribution in [1.29, 1.82) is 0 Å². The summed E-state index contributed by atoms with van der Waals surface area (Å²) in [7, 11) is 0. The number of halogens is 1. The molecule has 0 saturated carbocycles. The number of rotatable bonds is 4. The summed E-state index contributed by atoms with van der Waals surface area (Å²) in [5, 5.41) is 8.33. The van der Waals surface area contributed by atoms with Crippen molar-refractivity contribution in [2.45, 2.75) is 19.4 Å². The molecule has 1 N–H and O–H groups in total.